The molecule has 0 saturated carbocycles. The molecule has 0 saturated heterocycles. The number of anilines is 1. The number of carbonyl (C=O) groups is 1. The second-order valence-electron chi connectivity index (χ2n) is 2.25. The van der Waals surface area contributed by atoms with Crippen LogP contribution < -0.4 is 11.1 Å². The summed E-state index contributed by atoms with van der Waals surface area (Å²) in [7, 11) is 0. The van der Waals surface area contributed by atoms with Gasteiger partial charge in [0.05, 0.1) is 0 Å². The van der Waals surface area contributed by atoms with E-state index in [9.17, 15) is 4.79 Å². The number of aromatic nitrogens is 1. The molecular weight excluding hydrogens is 158 g/mol. The van der Waals surface area contributed by atoms with E-state index in [1.165, 1.54) is 6.20 Å². The third kappa shape index (κ3) is 2.45. The molecule has 0 radical (unpaired) electrons. The molecule has 4 N–H and O–H groups in total. The number of nitrogens with two attached hydrogens (primary N) is 1. The van der Waals surface area contributed by atoms with Gasteiger partial charge in [-0.2, -0.15) is 0 Å². The summed E-state index contributed by atoms with van der Waals surface area (Å²) in [6.45, 7) is 0.253. The van der Waals surface area contributed by atoms with Crippen molar-refractivity contribution in [3.8, 4) is 0 Å². The normalized spacial score (nSPS) is 9.33. The van der Waals surface area contributed by atoms with Crippen molar-refractivity contribution in [2.24, 2.45) is 0 Å². The molecule has 1 amide bonds. The maximum Gasteiger partial charge on any atom is 0.404 e. The number of hydrogen-bond acceptors (Lipinski definition) is 3. The van der Waals surface area contributed by atoms with Gasteiger partial charge in [-0.05, 0) is 11.6 Å². The van der Waals surface area contributed by atoms with Crippen LogP contribution in [0.15, 0.2) is 18.3 Å². The zero-order valence-electron chi connectivity index (χ0n) is 6.32. The molecular formula is C7H9N3O2. The van der Waals surface area contributed by atoms with Crippen LogP contribution in [0.4, 0.5) is 10.6 Å². The van der Waals surface area contributed by atoms with Crippen molar-refractivity contribution in [2.45, 2.75) is 6.54 Å². The number of carboxylic acid groups (broad SMARTS) is 1. The molecule has 0 fully saturated rings. The van der Waals surface area contributed by atoms with Crippen LogP contribution in [0.1, 0.15) is 5.56 Å². The van der Waals surface area contributed by atoms with E-state index < -0.39 is 6.09 Å². The second kappa shape index (κ2) is 3.56. The zero-order chi connectivity index (χ0) is 8.97. The molecule has 0 aliphatic rings. The summed E-state index contributed by atoms with van der Waals surface area (Å²) in [5.41, 5.74) is 6.12. The lowest BCUT2D eigenvalue weighted by atomic mass is 10.3. The predicted molar refractivity (Wildman–Crippen MR) is 43.5 cm³/mol. The van der Waals surface area contributed by atoms with Gasteiger partial charge in [0, 0.05) is 12.7 Å². The summed E-state index contributed by atoms with van der Waals surface area (Å²) in [4.78, 5) is 13.9. The highest BCUT2D eigenvalue weighted by Gasteiger charge is 1.95. The van der Waals surface area contributed by atoms with Gasteiger partial charge in [-0.1, -0.05) is 6.07 Å². The predicted octanol–water partition coefficient (Wildman–Crippen LogP) is 0.431. The lowest BCUT2D eigenvalue weighted by Gasteiger charge is -2.00. The largest absolute Gasteiger partial charge is 0.465 e. The van der Waals surface area contributed by atoms with Gasteiger partial charge in [-0.3, -0.25) is 0 Å². The number of pyridine rings is 1. The van der Waals surface area contributed by atoms with Gasteiger partial charge in [0.2, 0.25) is 0 Å². The van der Waals surface area contributed by atoms with Gasteiger partial charge in [-0.25, -0.2) is 9.78 Å². The third-order valence-corrected chi connectivity index (χ3v) is 1.29. The monoisotopic (exact) mass is 167 g/mol. The SMILES string of the molecule is Nc1ccc(CNC(=O)O)cn1. The van der Waals surface area contributed by atoms with E-state index in [4.69, 9.17) is 10.8 Å². The van der Waals surface area contributed by atoms with Gasteiger partial charge in [0.25, 0.3) is 0 Å². The Labute approximate surface area is 69.2 Å². The first-order valence-electron chi connectivity index (χ1n) is 3.35. The van der Waals surface area contributed by atoms with Crippen molar-refractivity contribution in [2.75, 3.05) is 5.73 Å². The molecule has 0 bridgehead atoms. The fraction of sp³-hybridized carbons (Fsp3) is 0.143. The fourth-order valence-corrected chi connectivity index (χ4v) is 0.718. The number of nitrogens with zero attached hydrogens (tertiary/aromatic N) is 1. The molecule has 5 heteroatoms. The molecule has 1 heterocycles. The number of nitrogen functional groups attached to an aromatic ring is 1. The Morgan fingerprint density at radius 2 is 2.42 bits per heavy atom. The molecule has 0 spiro atoms. The third-order valence-electron chi connectivity index (χ3n) is 1.29. The Balaban J connectivity index is 2.53. The van der Waals surface area contributed by atoms with Crippen LogP contribution in [0, 0.1) is 0 Å². The standard InChI is InChI=1S/C7H9N3O2/c8-6-2-1-5(3-9-6)4-10-7(11)12/h1-3,10H,4H2,(H2,8,9)(H,11,12). The van der Waals surface area contributed by atoms with E-state index in [2.05, 4.69) is 10.3 Å². The first kappa shape index (κ1) is 8.32. The highest BCUT2D eigenvalue weighted by Crippen LogP contribution is 1.99. The topological polar surface area (TPSA) is 88.2 Å². The smallest absolute Gasteiger partial charge is 0.404 e. The van der Waals surface area contributed by atoms with Crippen LogP contribution in [0.25, 0.3) is 0 Å². The molecule has 12 heavy (non-hydrogen) atoms. The average molecular weight is 167 g/mol. The van der Waals surface area contributed by atoms with Crippen molar-refractivity contribution in [3.05, 3.63) is 23.9 Å². The van der Waals surface area contributed by atoms with Gasteiger partial charge in [0.15, 0.2) is 0 Å². The van der Waals surface area contributed by atoms with E-state index in [0.29, 0.717) is 5.82 Å². The summed E-state index contributed by atoms with van der Waals surface area (Å²) in [6.07, 6.45) is 0.484. The van der Waals surface area contributed by atoms with Crippen molar-refractivity contribution >= 4 is 11.9 Å². The molecule has 1 aromatic heterocycles. The average Bonchev–Trinajstić information content (AvgIpc) is 2.03. The van der Waals surface area contributed by atoms with E-state index in [-0.39, 0.29) is 6.54 Å². The first-order chi connectivity index (χ1) is 5.68. The van der Waals surface area contributed by atoms with Crippen LogP contribution in [0.2, 0.25) is 0 Å². The van der Waals surface area contributed by atoms with Crippen LogP contribution >= 0.6 is 0 Å². The quantitative estimate of drug-likeness (QED) is 0.596. The summed E-state index contributed by atoms with van der Waals surface area (Å²) in [5, 5.41) is 10.5. The van der Waals surface area contributed by atoms with E-state index in [1.807, 2.05) is 0 Å². The van der Waals surface area contributed by atoms with Gasteiger partial charge in [0.1, 0.15) is 5.82 Å². The van der Waals surface area contributed by atoms with Gasteiger partial charge >= 0.3 is 6.09 Å². The van der Waals surface area contributed by atoms with Gasteiger partial charge in [-0.15, -0.1) is 0 Å². The minimum Gasteiger partial charge on any atom is -0.465 e. The van der Waals surface area contributed by atoms with Crippen molar-refractivity contribution in [1.29, 1.82) is 0 Å². The summed E-state index contributed by atoms with van der Waals surface area (Å²) in [5.74, 6) is 0.425. The zero-order valence-corrected chi connectivity index (χ0v) is 6.32. The molecule has 0 unspecified atom stereocenters. The molecule has 64 valence electrons. The van der Waals surface area contributed by atoms with Crippen molar-refractivity contribution in [1.82, 2.24) is 10.3 Å². The van der Waals surface area contributed by atoms with Crippen LogP contribution in [-0.2, 0) is 6.54 Å². The van der Waals surface area contributed by atoms with Crippen molar-refractivity contribution < 1.29 is 9.90 Å². The summed E-state index contributed by atoms with van der Waals surface area (Å²) in [6, 6.07) is 3.34. The highest BCUT2D eigenvalue weighted by molar-refractivity contribution is 5.64. The fourth-order valence-electron chi connectivity index (χ4n) is 0.718. The molecule has 0 aliphatic heterocycles. The first-order valence-corrected chi connectivity index (χ1v) is 3.35. The van der Waals surface area contributed by atoms with E-state index in [0.717, 1.165) is 5.56 Å². The maximum absolute atomic E-state index is 10.1. The highest BCUT2D eigenvalue weighted by atomic mass is 16.4. The Bertz CT molecular complexity index is 270. The minimum atomic E-state index is -1.05. The molecule has 1 rings (SSSR count). The van der Waals surface area contributed by atoms with Crippen LogP contribution in [0.5, 0.6) is 0 Å². The van der Waals surface area contributed by atoms with Crippen LogP contribution in [0.3, 0.4) is 0 Å². The number of hydrogen-bond donors (Lipinski definition) is 3. The summed E-state index contributed by atoms with van der Waals surface area (Å²) >= 11 is 0. The molecule has 0 atom stereocenters. The second-order valence-corrected chi connectivity index (χ2v) is 2.25. The minimum absolute atomic E-state index is 0.253. The summed E-state index contributed by atoms with van der Waals surface area (Å²) < 4.78 is 0. The molecule has 5 nitrogen and oxygen atoms in total. The number of rotatable bonds is 2. The Morgan fingerprint density at radius 1 is 1.67 bits per heavy atom. The maximum atomic E-state index is 10.1. The Kier molecular flexibility index (Phi) is 2.47. The van der Waals surface area contributed by atoms with E-state index in [1.54, 1.807) is 12.1 Å². The molecule has 0 aliphatic carbocycles. The number of amides is 1. The van der Waals surface area contributed by atoms with Crippen molar-refractivity contribution in [3.63, 3.8) is 0 Å². The van der Waals surface area contributed by atoms with E-state index >= 15 is 0 Å². The van der Waals surface area contributed by atoms with Gasteiger partial charge < -0.3 is 16.2 Å². The molecule has 1 aromatic rings. The molecule has 0 aromatic carbocycles. The Morgan fingerprint density at radius 3 is 2.92 bits per heavy atom. The van der Waals surface area contributed by atoms with Crippen LogP contribution in [-0.4, -0.2) is 16.2 Å². The lowest BCUT2D eigenvalue weighted by Crippen LogP contribution is -2.19. The Hall–Kier alpha value is -1.78. The number of nitrogens with one attached hydrogen (secondary N) is 1. The lowest BCUT2D eigenvalue weighted by molar-refractivity contribution is 0.194.